The highest BCUT2D eigenvalue weighted by molar-refractivity contribution is 5.45. The lowest BCUT2D eigenvalue weighted by Gasteiger charge is -2.59. The summed E-state index contributed by atoms with van der Waals surface area (Å²) in [5.74, 6) is -7.22. The van der Waals surface area contributed by atoms with Crippen molar-refractivity contribution >= 4 is 0 Å². The lowest BCUT2D eigenvalue weighted by Crippen LogP contribution is -2.65. The number of aliphatic hydroxyl groups is 3. The average Bonchev–Trinajstić information content (AvgIpc) is 3.71. The van der Waals surface area contributed by atoms with Crippen LogP contribution in [0.3, 0.4) is 0 Å². The highest BCUT2D eigenvalue weighted by Gasteiger charge is 2.79. The number of aliphatic hydroxyl groups excluding tert-OH is 1. The fraction of sp³-hybridized carbons (Fsp3) is 0.771. The molecule has 1 heterocycles. The normalized spacial score (nSPS) is 42.2. The van der Waals surface area contributed by atoms with Crippen molar-refractivity contribution in [3.8, 4) is 0 Å². The Morgan fingerprint density at radius 1 is 0.867 bits per heavy atom. The van der Waals surface area contributed by atoms with E-state index in [-0.39, 0.29) is 49.0 Å². The van der Waals surface area contributed by atoms with Gasteiger partial charge in [0.1, 0.15) is 5.60 Å². The molecule has 7 rings (SSSR count). The SMILES string of the molecule is CC1(C)COC2(CCC3=C4C(CCC3(O)C2)C2CCC(O)(C(F)(F)C(F)(F)F)C2(C)C[C@@H]4c2ccc([C@@H]3C[C@H]3CO)cc2)OC1. The van der Waals surface area contributed by atoms with Crippen molar-refractivity contribution < 1.29 is 46.7 Å². The van der Waals surface area contributed by atoms with Crippen LogP contribution in [-0.4, -0.2) is 64.2 Å². The number of allylic oxidation sites excluding steroid dienone is 1. The molecular weight excluding hydrogens is 595 g/mol. The summed E-state index contributed by atoms with van der Waals surface area (Å²) in [6.45, 7) is 6.65. The Kier molecular flexibility index (Phi) is 7.09. The van der Waals surface area contributed by atoms with Crippen LogP contribution in [0.25, 0.3) is 0 Å². The predicted octanol–water partition coefficient (Wildman–Crippen LogP) is 7.01. The van der Waals surface area contributed by atoms with Gasteiger partial charge in [0.05, 0.1) is 18.8 Å². The standard InChI is InChI=1S/C35H45F5O5/c1-29(2)18-44-32(45-19-29)12-9-27-28-23(8-11-31(27,42)17-32)26-10-13-33(43,34(36,37)35(38,39)40)30(26,3)15-25(28)21-6-4-20(5-7-21)24-14-22(24)16-41/h4-7,22-26,41-43H,8-19H2,1-3H3/t22-,23?,24-,25+,26?,30?,31?,33?/m0/s1. The first-order valence-electron chi connectivity index (χ1n) is 16.5. The lowest BCUT2D eigenvalue weighted by atomic mass is 9.49. The van der Waals surface area contributed by atoms with Gasteiger partial charge in [0, 0.05) is 36.2 Å². The summed E-state index contributed by atoms with van der Waals surface area (Å²) in [5.41, 5.74) is -2.72. The fourth-order valence-corrected chi connectivity index (χ4v) is 10.1. The van der Waals surface area contributed by atoms with E-state index in [0.29, 0.717) is 38.9 Å². The molecule has 3 N–H and O–H groups in total. The van der Waals surface area contributed by atoms with Crippen LogP contribution in [0.1, 0.15) is 102 Å². The molecule has 0 bridgehead atoms. The molecule has 1 saturated heterocycles. The Bertz CT molecular complexity index is 1360. The molecule has 8 atom stereocenters. The van der Waals surface area contributed by atoms with Crippen LogP contribution >= 0.6 is 0 Å². The molecule has 250 valence electrons. The number of rotatable bonds is 4. The van der Waals surface area contributed by atoms with Crippen LogP contribution in [0.4, 0.5) is 22.0 Å². The van der Waals surface area contributed by atoms with Crippen molar-refractivity contribution in [1.29, 1.82) is 0 Å². The minimum atomic E-state index is -5.89. The second-order valence-electron chi connectivity index (χ2n) is 16.1. The van der Waals surface area contributed by atoms with Crippen molar-refractivity contribution in [3.63, 3.8) is 0 Å². The van der Waals surface area contributed by atoms with Crippen LogP contribution in [-0.2, 0) is 9.47 Å². The first-order chi connectivity index (χ1) is 20.9. The third-order valence-corrected chi connectivity index (χ3v) is 12.8. The van der Waals surface area contributed by atoms with Crippen LogP contribution in [0.5, 0.6) is 0 Å². The van der Waals surface area contributed by atoms with Gasteiger partial charge in [0.15, 0.2) is 5.79 Å². The topological polar surface area (TPSA) is 79.2 Å². The quantitative estimate of drug-likeness (QED) is 0.244. The number of fused-ring (bicyclic) bond motifs is 4. The lowest BCUT2D eigenvalue weighted by molar-refractivity contribution is -0.362. The summed E-state index contributed by atoms with van der Waals surface area (Å²) in [7, 11) is 0. The molecule has 0 radical (unpaired) electrons. The van der Waals surface area contributed by atoms with E-state index < -0.39 is 52.8 Å². The molecule has 1 aromatic carbocycles. The first kappa shape index (κ1) is 32.0. The second-order valence-corrected chi connectivity index (χ2v) is 16.1. The van der Waals surface area contributed by atoms with Gasteiger partial charge in [-0.1, -0.05) is 50.6 Å². The van der Waals surface area contributed by atoms with Gasteiger partial charge in [0.2, 0.25) is 0 Å². The molecule has 5 unspecified atom stereocenters. The summed E-state index contributed by atoms with van der Waals surface area (Å²) in [5, 5.41) is 33.4. The third-order valence-electron chi connectivity index (χ3n) is 12.8. The van der Waals surface area contributed by atoms with E-state index in [2.05, 4.69) is 13.8 Å². The van der Waals surface area contributed by atoms with Crippen molar-refractivity contribution in [2.75, 3.05) is 19.8 Å². The van der Waals surface area contributed by atoms with Gasteiger partial charge in [-0.05, 0) is 85.3 Å². The molecule has 10 heteroatoms. The van der Waals surface area contributed by atoms with Crippen molar-refractivity contribution in [2.24, 2.45) is 28.6 Å². The maximum atomic E-state index is 15.3. The fourth-order valence-electron chi connectivity index (χ4n) is 10.1. The molecule has 45 heavy (non-hydrogen) atoms. The largest absolute Gasteiger partial charge is 0.456 e. The van der Waals surface area contributed by atoms with Gasteiger partial charge in [-0.15, -0.1) is 0 Å². The summed E-state index contributed by atoms with van der Waals surface area (Å²) >= 11 is 0. The van der Waals surface area contributed by atoms with Gasteiger partial charge in [-0.25, -0.2) is 0 Å². The summed E-state index contributed by atoms with van der Waals surface area (Å²) < 4.78 is 84.9. The monoisotopic (exact) mass is 640 g/mol. The van der Waals surface area contributed by atoms with E-state index in [0.717, 1.165) is 28.7 Å². The number of benzene rings is 1. The molecule has 5 aliphatic carbocycles. The van der Waals surface area contributed by atoms with Gasteiger partial charge in [-0.3, -0.25) is 0 Å². The molecule has 5 fully saturated rings. The highest BCUT2D eigenvalue weighted by atomic mass is 19.4. The number of ether oxygens (including phenoxy) is 2. The van der Waals surface area contributed by atoms with Crippen molar-refractivity contribution in [1.82, 2.24) is 0 Å². The predicted molar refractivity (Wildman–Crippen MR) is 155 cm³/mol. The molecule has 6 aliphatic rings. The van der Waals surface area contributed by atoms with Crippen molar-refractivity contribution in [2.45, 2.75) is 119 Å². The smallest absolute Gasteiger partial charge is 0.396 e. The third kappa shape index (κ3) is 4.62. The van der Waals surface area contributed by atoms with Gasteiger partial charge < -0.3 is 24.8 Å². The zero-order chi connectivity index (χ0) is 32.4. The van der Waals surface area contributed by atoms with E-state index in [1.54, 1.807) is 0 Å². The van der Waals surface area contributed by atoms with Gasteiger partial charge in [0.25, 0.3) is 0 Å². The van der Waals surface area contributed by atoms with Crippen LogP contribution < -0.4 is 0 Å². The number of halogens is 5. The summed E-state index contributed by atoms with van der Waals surface area (Å²) in [4.78, 5) is 0. The van der Waals surface area contributed by atoms with Crippen LogP contribution in [0.2, 0.25) is 0 Å². The van der Waals surface area contributed by atoms with E-state index in [9.17, 15) is 28.5 Å². The molecule has 0 aromatic heterocycles. The Morgan fingerprint density at radius 3 is 2.11 bits per heavy atom. The van der Waals surface area contributed by atoms with E-state index in [4.69, 9.17) is 9.47 Å². The minimum absolute atomic E-state index is 0.0552. The zero-order valence-electron chi connectivity index (χ0n) is 26.2. The van der Waals surface area contributed by atoms with Crippen LogP contribution in [0, 0.1) is 28.6 Å². The second kappa shape index (κ2) is 9.97. The summed E-state index contributed by atoms with van der Waals surface area (Å²) in [6.07, 6.45) is -3.69. The molecule has 5 nitrogen and oxygen atoms in total. The van der Waals surface area contributed by atoms with E-state index in [1.807, 2.05) is 24.3 Å². The molecule has 1 aromatic rings. The maximum Gasteiger partial charge on any atom is 0.456 e. The van der Waals surface area contributed by atoms with E-state index >= 15 is 8.78 Å². The maximum absolute atomic E-state index is 15.3. The molecular formula is C35H45F5O5. The Morgan fingerprint density at radius 2 is 1.51 bits per heavy atom. The number of alkyl halides is 5. The van der Waals surface area contributed by atoms with Gasteiger partial charge >= 0.3 is 12.1 Å². The molecule has 4 saturated carbocycles. The average molecular weight is 641 g/mol. The zero-order valence-corrected chi connectivity index (χ0v) is 26.2. The number of hydrogen-bond acceptors (Lipinski definition) is 5. The molecule has 1 spiro atoms. The van der Waals surface area contributed by atoms with Crippen LogP contribution in [0.15, 0.2) is 35.4 Å². The summed E-state index contributed by atoms with van der Waals surface area (Å²) in [6, 6.07) is 7.77. The van der Waals surface area contributed by atoms with Gasteiger partial charge in [-0.2, -0.15) is 22.0 Å². The first-order valence-corrected chi connectivity index (χ1v) is 16.5. The van der Waals surface area contributed by atoms with E-state index in [1.165, 1.54) is 6.92 Å². The van der Waals surface area contributed by atoms with Crippen molar-refractivity contribution in [3.05, 3.63) is 46.5 Å². The Balaban J connectivity index is 1.31. The Hall–Kier alpha value is -1.59. The molecule has 0 amide bonds. The number of hydrogen-bond donors (Lipinski definition) is 3. The molecule has 1 aliphatic heterocycles. The Labute approximate surface area is 261 Å². The minimum Gasteiger partial charge on any atom is -0.396 e. The highest BCUT2D eigenvalue weighted by Crippen LogP contribution is 2.71.